The smallest absolute Gasteiger partial charge is 0.157 e. The Morgan fingerprint density at radius 2 is 1.77 bits per heavy atom. The van der Waals surface area contributed by atoms with Crippen molar-refractivity contribution in [3.63, 3.8) is 0 Å². The number of thioether (sulfide) groups is 1. The number of nitrogens with zero attached hydrogens (tertiary/aromatic N) is 6. The zero-order valence-corrected chi connectivity index (χ0v) is 26.3. The first kappa shape index (κ1) is 34.9. The largest absolute Gasteiger partial charge is 0.402 e. The molecule has 0 aromatic heterocycles. The van der Waals surface area contributed by atoms with Crippen LogP contribution in [0.2, 0.25) is 0 Å². The summed E-state index contributed by atoms with van der Waals surface area (Å²) in [5.74, 6) is 2.14. The van der Waals surface area contributed by atoms with Gasteiger partial charge in [-0.2, -0.15) is 0 Å². The van der Waals surface area contributed by atoms with Crippen LogP contribution in [0.1, 0.15) is 33.6 Å². The highest BCUT2D eigenvalue weighted by Crippen LogP contribution is 2.22. The molecule has 1 aromatic rings. The number of likely N-dealkylation sites (N-methyl/N-ethyl adjacent to an activating group) is 1. The molecule has 0 amide bonds. The number of unbranched alkanes of at least 4 members (excludes halogenated alkanes) is 1. The number of amidine groups is 2. The van der Waals surface area contributed by atoms with E-state index in [4.69, 9.17) is 16.5 Å². The van der Waals surface area contributed by atoms with Crippen molar-refractivity contribution in [2.45, 2.75) is 38.5 Å². The lowest BCUT2D eigenvalue weighted by molar-refractivity contribution is 0.148. The van der Waals surface area contributed by atoms with E-state index in [-0.39, 0.29) is 0 Å². The molecule has 0 spiro atoms. The Hall–Kier alpha value is -3.08. The van der Waals surface area contributed by atoms with Gasteiger partial charge >= 0.3 is 0 Å². The summed E-state index contributed by atoms with van der Waals surface area (Å²) in [6, 6.07) is 8.22. The average molecular weight is 570 g/mol. The minimum Gasteiger partial charge on any atom is -0.402 e. The lowest BCUT2D eigenvalue weighted by Gasteiger charge is -2.36. The normalized spacial score (nSPS) is 15.8. The van der Waals surface area contributed by atoms with Crippen LogP contribution in [0.25, 0.3) is 0 Å². The molecule has 0 radical (unpaired) electrons. The standard InChI is InChI=1S/C25H41N9S.C5H10/c1-19(26)17-23(27)31-24(30-18-35-22-9-7-21(28-3)8-10-22)20(2)25(29-4)34-15-13-33(14-16-34)12-11-32(5)6;1-3-5-4-2/h7-10,17,28H,4,11-16,18,26H2,1-3,5-6H3,(H2,27,30,31);3H,1,4-5H2,2H3/b19-17-,25-20+;. The van der Waals surface area contributed by atoms with Crippen LogP contribution in [0, 0.1) is 0 Å². The van der Waals surface area contributed by atoms with E-state index in [2.05, 4.69) is 76.4 Å². The molecule has 0 aliphatic carbocycles. The second-order valence-electron chi connectivity index (χ2n) is 9.77. The third-order valence-corrected chi connectivity index (χ3v) is 6.91. The van der Waals surface area contributed by atoms with Crippen LogP contribution in [0.3, 0.4) is 0 Å². The average Bonchev–Trinajstić information content (AvgIpc) is 2.93. The number of anilines is 1. The Morgan fingerprint density at radius 1 is 1.12 bits per heavy atom. The maximum absolute atomic E-state index is 6.13. The van der Waals surface area contributed by atoms with E-state index in [0.29, 0.717) is 23.2 Å². The van der Waals surface area contributed by atoms with Crippen molar-refractivity contribution in [2.24, 2.45) is 26.4 Å². The fraction of sp³-hybridized carbons (Fsp3) is 0.500. The van der Waals surface area contributed by atoms with Crippen molar-refractivity contribution in [2.75, 3.05) is 71.6 Å². The van der Waals surface area contributed by atoms with Crippen LogP contribution in [0.15, 0.2) is 80.0 Å². The topological polar surface area (TPSA) is 111 Å². The number of piperazine rings is 1. The number of nitrogens with two attached hydrogens (primary N) is 2. The number of nitrogens with one attached hydrogen (secondary N) is 1. The quantitative estimate of drug-likeness (QED) is 0.139. The number of rotatable bonds is 13. The molecule has 0 saturated carbocycles. The highest BCUT2D eigenvalue weighted by atomic mass is 32.2. The zero-order valence-electron chi connectivity index (χ0n) is 25.5. The van der Waals surface area contributed by atoms with Crippen LogP contribution in [0.5, 0.6) is 0 Å². The molecule has 0 bridgehead atoms. The fourth-order valence-corrected chi connectivity index (χ4v) is 4.46. The van der Waals surface area contributed by atoms with E-state index in [0.717, 1.165) is 67.7 Å². The van der Waals surface area contributed by atoms with Crippen LogP contribution >= 0.6 is 11.8 Å². The van der Waals surface area contributed by atoms with E-state index < -0.39 is 0 Å². The maximum atomic E-state index is 6.13. The van der Waals surface area contributed by atoms with Crippen molar-refractivity contribution in [1.29, 1.82) is 0 Å². The lowest BCUT2D eigenvalue weighted by Crippen LogP contribution is -2.47. The molecule has 1 aliphatic rings. The summed E-state index contributed by atoms with van der Waals surface area (Å²) in [5.41, 5.74) is 14.4. The van der Waals surface area contributed by atoms with Gasteiger partial charge in [-0.15, -0.1) is 18.3 Å². The van der Waals surface area contributed by atoms with Crippen LogP contribution in [0.4, 0.5) is 5.69 Å². The minimum absolute atomic E-state index is 0.309. The molecule has 2 rings (SSSR count). The summed E-state index contributed by atoms with van der Waals surface area (Å²) >= 11 is 1.63. The molecule has 1 aliphatic heterocycles. The number of hydrogen-bond donors (Lipinski definition) is 3. The van der Waals surface area contributed by atoms with Gasteiger partial charge in [-0.3, -0.25) is 9.89 Å². The van der Waals surface area contributed by atoms with Crippen molar-refractivity contribution < 1.29 is 0 Å². The highest BCUT2D eigenvalue weighted by Gasteiger charge is 2.21. The van der Waals surface area contributed by atoms with Gasteiger partial charge in [0.2, 0.25) is 0 Å². The summed E-state index contributed by atoms with van der Waals surface area (Å²) in [4.78, 5) is 21.8. The predicted octanol–water partition coefficient (Wildman–Crippen LogP) is 4.48. The SMILES string of the molecule is C=CCCC.C=N\C(=C(C)/C(/N=C(N)/C=C(/C)N)=N\CSc1ccc(NC)cc1)N1CCN(CCN(C)C)CC1. The first-order valence-electron chi connectivity index (χ1n) is 13.8. The summed E-state index contributed by atoms with van der Waals surface area (Å²) in [5, 5.41) is 3.13. The monoisotopic (exact) mass is 569 g/mol. The zero-order chi connectivity index (χ0) is 29.9. The van der Waals surface area contributed by atoms with Gasteiger partial charge in [0.15, 0.2) is 5.84 Å². The third-order valence-electron chi connectivity index (χ3n) is 6.05. The Bertz CT molecular complexity index is 1010. The van der Waals surface area contributed by atoms with E-state index in [1.54, 1.807) is 24.8 Å². The van der Waals surface area contributed by atoms with Crippen LogP contribution in [-0.4, -0.2) is 99.4 Å². The van der Waals surface area contributed by atoms with Crippen molar-refractivity contribution >= 4 is 35.8 Å². The van der Waals surface area contributed by atoms with Crippen molar-refractivity contribution in [1.82, 2.24) is 14.7 Å². The van der Waals surface area contributed by atoms with Crippen molar-refractivity contribution in [3.8, 4) is 0 Å². The first-order valence-corrected chi connectivity index (χ1v) is 14.8. The highest BCUT2D eigenvalue weighted by molar-refractivity contribution is 7.99. The lowest BCUT2D eigenvalue weighted by atomic mass is 10.2. The number of allylic oxidation sites excluding steroid dienone is 2. The molecular weight excluding hydrogens is 518 g/mol. The number of benzene rings is 1. The summed E-state index contributed by atoms with van der Waals surface area (Å²) in [7, 11) is 6.11. The first-order chi connectivity index (χ1) is 19.1. The van der Waals surface area contributed by atoms with E-state index in [1.165, 1.54) is 6.42 Å². The van der Waals surface area contributed by atoms with E-state index >= 15 is 0 Å². The van der Waals surface area contributed by atoms with Crippen molar-refractivity contribution in [3.05, 3.63) is 60.1 Å². The second-order valence-corrected chi connectivity index (χ2v) is 10.8. The molecule has 1 heterocycles. The molecule has 9 nitrogen and oxygen atoms in total. The van der Waals surface area contributed by atoms with Gasteiger partial charge in [-0.05, 0) is 71.4 Å². The van der Waals surface area contributed by atoms with E-state index in [9.17, 15) is 0 Å². The fourth-order valence-electron chi connectivity index (χ4n) is 3.80. The van der Waals surface area contributed by atoms with Gasteiger partial charge in [0.05, 0.1) is 5.88 Å². The third kappa shape index (κ3) is 13.8. The Labute approximate surface area is 246 Å². The van der Waals surface area contributed by atoms with Gasteiger partial charge in [0, 0.05) is 68.2 Å². The molecule has 5 N–H and O–H groups in total. The molecule has 1 saturated heterocycles. The minimum atomic E-state index is 0.309. The molecular formula is C30H51N9S. The summed E-state index contributed by atoms with van der Waals surface area (Å²) in [6.07, 6.45) is 5.94. The Morgan fingerprint density at radius 3 is 2.25 bits per heavy atom. The van der Waals surface area contributed by atoms with Gasteiger partial charge in [-0.25, -0.2) is 9.98 Å². The van der Waals surface area contributed by atoms with E-state index in [1.807, 2.05) is 32.2 Å². The Kier molecular flexibility index (Phi) is 17.4. The Balaban J connectivity index is 0.00000146. The second kappa shape index (κ2) is 19.9. The molecule has 0 atom stereocenters. The summed E-state index contributed by atoms with van der Waals surface area (Å²) in [6.45, 7) is 19.1. The number of hydrogen-bond acceptors (Lipinski definition) is 8. The number of aliphatic imine (C=N–C) groups is 3. The van der Waals surface area contributed by atoms with Gasteiger partial charge < -0.3 is 26.6 Å². The molecule has 0 unspecified atom stereocenters. The van der Waals surface area contributed by atoms with Crippen LogP contribution in [-0.2, 0) is 0 Å². The predicted molar refractivity (Wildman–Crippen MR) is 178 cm³/mol. The maximum Gasteiger partial charge on any atom is 0.157 e. The van der Waals surface area contributed by atoms with Crippen LogP contribution < -0.4 is 16.8 Å². The van der Waals surface area contributed by atoms with Gasteiger partial charge in [0.25, 0.3) is 0 Å². The molecule has 1 aromatic carbocycles. The molecule has 10 heteroatoms. The molecule has 40 heavy (non-hydrogen) atoms. The molecule has 222 valence electrons. The van der Waals surface area contributed by atoms with Gasteiger partial charge in [-0.1, -0.05) is 19.4 Å². The molecule has 1 fully saturated rings. The summed E-state index contributed by atoms with van der Waals surface area (Å²) < 4.78 is 0. The van der Waals surface area contributed by atoms with Gasteiger partial charge in [0.1, 0.15) is 11.7 Å².